The molecule has 0 radical (unpaired) electrons. The second-order valence-corrected chi connectivity index (χ2v) is 5.30. The Morgan fingerprint density at radius 1 is 0.640 bits per heavy atom. The maximum atomic E-state index is 11.0. The molecule has 0 fully saturated rings. The van der Waals surface area contributed by atoms with Gasteiger partial charge in [0.05, 0.1) is 11.1 Å². The number of hydrogen-bond acceptors (Lipinski definition) is 2. The molecule has 4 heteroatoms. The van der Waals surface area contributed by atoms with Crippen LogP contribution in [0, 0.1) is 0 Å². The van der Waals surface area contributed by atoms with Crippen LogP contribution in [0.5, 0.6) is 0 Å². The van der Waals surface area contributed by atoms with Crippen LogP contribution in [0.2, 0.25) is 0 Å². The largest absolute Gasteiger partial charge is 0.478 e. The Hall–Kier alpha value is -3.40. The zero-order chi connectivity index (χ0) is 18.1. The van der Waals surface area contributed by atoms with Crippen molar-refractivity contribution in [2.45, 2.75) is 6.42 Å². The molecule has 0 unspecified atom stereocenters. The summed E-state index contributed by atoms with van der Waals surface area (Å²) in [6.45, 7) is 0. The molecule has 0 amide bonds. The quantitative estimate of drug-likeness (QED) is 0.743. The van der Waals surface area contributed by atoms with Gasteiger partial charge in [-0.1, -0.05) is 66.7 Å². The molecule has 0 saturated heterocycles. The van der Waals surface area contributed by atoms with E-state index in [2.05, 4.69) is 0 Å². The molecular weight excluding hydrogens is 316 g/mol. The molecule has 0 saturated carbocycles. The predicted octanol–water partition coefficient (Wildman–Crippen LogP) is 4.36. The Morgan fingerprint density at radius 2 is 1.16 bits per heavy atom. The van der Waals surface area contributed by atoms with Gasteiger partial charge < -0.3 is 10.2 Å². The Morgan fingerprint density at radius 3 is 1.68 bits per heavy atom. The second-order valence-electron chi connectivity index (χ2n) is 5.30. The van der Waals surface area contributed by atoms with Gasteiger partial charge in [-0.05, 0) is 35.7 Å². The lowest BCUT2D eigenvalue weighted by Crippen LogP contribution is -2.02. The molecule has 4 nitrogen and oxygen atoms in total. The molecule has 25 heavy (non-hydrogen) atoms. The van der Waals surface area contributed by atoms with Gasteiger partial charge in [-0.25, -0.2) is 9.59 Å². The molecule has 3 rings (SSSR count). The van der Waals surface area contributed by atoms with Crippen LogP contribution < -0.4 is 0 Å². The first kappa shape index (κ1) is 17.9. The standard InChI is InChI=1S/C14H12O2.C7H6O2/c15-14(16)13-9-5-4-8-12(13)10-11-6-2-1-3-7-11;8-7(9)6-4-2-1-3-5-6/h1-9H,10H2,(H,15,16);1-5H,(H,8,9). The number of carbonyl (C=O) groups is 2. The lowest BCUT2D eigenvalue weighted by atomic mass is 10.00. The van der Waals surface area contributed by atoms with E-state index >= 15 is 0 Å². The highest BCUT2D eigenvalue weighted by Gasteiger charge is 2.08. The van der Waals surface area contributed by atoms with Crippen molar-refractivity contribution in [3.8, 4) is 0 Å². The summed E-state index contributed by atoms with van der Waals surface area (Å²) in [5.41, 5.74) is 2.68. The van der Waals surface area contributed by atoms with Crippen LogP contribution >= 0.6 is 0 Å². The van der Waals surface area contributed by atoms with Gasteiger partial charge in [0.25, 0.3) is 0 Å². The minimum Gasteiger partial charge on any atom is -0.478 e. The van der Waals surface area contributed by atoms with Crippen LogP contribution in [0.1, 0.15) is 31.8 Å². The van der Waals surface area contributed by atoms with Crippen molar-refractivity contribution < 1.29 is 19.8 Å². The first-order valence-electron chi connectivity index (χ1n) is 7.71. The highest BCUT2D eigenvalue weighted by molar-refractivity contribution is 5.89. The molecule has 0 bridgehead atoms. The summed E-state index contributed by atoms with van der Waals surface area (Å²) in [7, 11) is 0. The van der Waals surface area contributed by atoms with Crippen molar-refractivity contribution >= 4 is 11.9 Å². The maximum absolute atomic E-state index is 11.0. The summed E-state index contributed by atoms with van der Waals surface area (Å²) in [5.74, 6) is -1.75. The van der Waals surface area contributed by atoms with Crippen LogP contribution in [-0.4, -0.2) is 22.2 Å². The van der Waals surface area contributed by atoms with Crippen LogP contribution in [0.15, 0.2) is 84.9 Å². The van der Waals surface area contributed by atoms with Crippen LogP contribution in [-0.2, 0) is 6.42 Å². The third-order valence-electron chi connectivity index (χ3n) is 3.51. The van der Waals surface area contributed by atoms with Crippen molar-refractivity contribution in [3.63, 3.8) is 0 Å². The summed E-state index contributed by atoms with van der Waals surface area (Å²) in [5, 5.41) is 17.4. The number of carboxylic acids is 2. The molecule has 126 valence electrons. The Labute approximate surface area is 146 Å². The van der Waals surface area contributed by atoms with Crippen molar-refractivity contribution in [2.24, 2.45) is 0 Å². The molecule has 3 aromatic carbocycles. The zero-order valence-electron chi connectivity index (χ0n) is 13.5. The van der Waals surface area contributed by atoms with E-state index in [1.54, 1.807) is 42.5 Å². The topological polar surface area (TPSA) is 74.6 Å². The molecule has 0 aromatic heterocycles. The highest BCUT2D eigenvalue weighted by atomic mass is 16.4. The van der Waals surface area contributed by atoms with Crippen molar-refractivity contribution in [1.29, 1.82) is 0 Å². The predicted molar refractivity (Wildman–Crippen MR) is 96.1 cm³/mol. The molecular formula is C21H18O4. The Balaban J connectivity index is 0.000000212. The van der Waals surface area contributed by atoms with Crippen molar-refractivity contribution in [2.75, 3.05) is 0 Å². The number of benzene rings is 3. The SMILES string of the molecule is O=C(O)c1ccccc1.O=C(O)c1ccccc1Cc1ccccc1. The third-order valence-corrected chi connectivity index (χ3v) is 3.51. The average Bonchev–Trinajstić information content (AvgIpc) is 2.64. The van der Waals surface area contributed by atoms with E-state index in [1.807, 2.05) is 42.5 Å². The van der Waals surface area contributed by atoms with Gasteiger partial charge in [0, 0.05) is 0 Å². The minimum absolute atomic E-state index is 0.331. The van der Waals surface area contributed by atoms with Crippen molar-refractivity contribution in [1.82, 2.24) is 0 Å². The van der Waals surface area contributed by atoms with Gasteiger partial charge in [0.15, 0.2) is 0 Å². The summed E-state index contributed by atoms with van der Waals surface area (Å²) in [4.78, 5) is 21.2. The summed E-state index contributed by atoms with van der Waals surface area (Å²) < 4.78 is 0. The van der Waals surface area contributed by atoms with E-state index in [9.17, 15) is 9.59 Å². The first-order chi connectivity index (χ1) is 12.1. The Kier molecular flexibility index (Phi) is 6.48. The maximum Gasteiger partial charge on any atom is 0.335 e. The van der Waals surface area contributed by atoms with E-state index in [0.29, 0.717) is 17.5 Å². The smallest absolute Gasteiger partial charge is 0.335 e. The van der Waals surface area contributed by atoms with E-state index in [1.165, 1.54) is 0 Å². The van der Waals surface area contributed by atoms with Gasteiger partial charge in [-0.15, -0.1) is 0 Å². The lowest BCUT2D eigenvalue weighted by molar-refractivity contribution is 0.0685. The number of aromatic carboxylic acids is 2. The van der Waals surface area contributed by atoms with Crippen LogP contribution in [0.25, 0.3) is 0 Å². The monoisotopic (exact) mass is 334 g/mol. The molecule has 2 N–H and O–H groups in total. The highest BCUT2D eigenvalue weighted by Crippen LogP contribution is 2.14. The number of rotatable bonds is 4. The van der Waals surface area contributed by atoms with E-state index < -0.39 is 11.9 Å². The summed E-state index contributed by atoms with van der Waals surface area (Å²) in [6.07, 6.45) is 0.656. The molecule has 0 aliphatic carbocycles. The number of carboxylic acid groups (broad SMARTS) is 2. The van der Waals surface area contributed by atoms with Gasteiger partial charge in [-0.2, -0.15) is 0 Å². The molecule has 0 heterocycles. The number of hydrogen-bond donors (Lipinski definition) is 2. The lowest BCUT2D eigenvalue weighted by Gasteiger charge is -2.05. The summed E-state index contributed by atoms with van der Waals surface area (Å²) >= 11 is 0. The van der Waals surface area contributed by atoms with Gasteiger partial charge in [-0.3, -0.25) is 0 Å². The fourth-order valence-electron chi connectivity index (χ4n) is 2.28. The Bertz CT molecular complexity index is 827. The molecule has 0 atom stereocenters. The first-order valence-corrected chi connectivity index (χ1v) is 7.71. The van der Waals surface area contributed by atoms with Crippen LogP contribution in [0.3, 0.4) is 0 Å². The van der Waals surface area contributed by atoms with E-state index in [-0.39, 0.29) is 0 Å². The van der Waals surface area contributed by atoms with Gasteiger partial charge in [0.1, 0.15) is 0 Å². The molecule has 0 aliphatic heterocycles. The normalized spacial score (nSPS) is 9.60. The van der Waals surface area contributed by atoms with E-state index in [4.69, 9.17) is 10.2 Å². The van der Waals surface area contributed by atoms with Gasteiger partial charge >= 0.3 is 11.9 Å². The third kappa shape index (κ3) is 5.62. The average molecular weight is 334 g/mol. The fraction of sp³-hybridized carbons (Fsp3) is 0.0476. The van der Waals surface area contributed by atoms with Gasteiger partial charge in [0.2, 0.25) is 0 Å². The molecule has 0 spiro atoms. The molecule has 0 aliphatic rings. The van der Waals surface area contributed by atoms with E-state index in [0.717, 1.165) is 11.1 Å². The van der Waals surface area contributed by atoms with Crippen LogP contribution in [0.4, 0.5) is 0 Å². The van der Waals surface area contributed by atoms with Crippen molar-refractivity contribution in [3.05, 3.63) is 107 Å². The molecule has 3 aromatic rings. The fourth-order valence-corrected chi connectivity index (χ4v) is 2.28. The zero-order valence-corrected chi connectivity index (χ0v) is 13.5. The minimum atomic E-state index is -0.879. The summed E-state index contributed by atoms with van der Waals surface area (Å²) in [6, 6.07) is 25.3. The second kappa shape index (κ2) is 9.03.